The van der Waals surface area contributed by atoms with Crippen molar-refractivity contribution >= 4 is 5.69 Å². The molecule has 1 aromatic rings. The van der Waals surface area contributed by atoms with Crippen molar-refractivity contribution in [1.29, 1.82) is 0 Å². The molecule has 1 rings (SSSR count). The lowest BCUT2D eigenvalue weighted by atomic mass is 10.1. The molecule has 0 fully saturated rings. The molecule has 19 heavy (non-hydrogen) atoms. The molecule has 3 heteroatoms. The molecule has 0 atom stereocenters. The summed E-state index contributed by atoms with van der Waals surface area (Å²) in [7, 11) is 1.94. The van der Waals surface area contributed by atoms with Gasteiger partial charge in [0, 0.05) is 19.6 Å². The van der Waals surface area contributed by atoms with Gasteiger partial charge in [0.25, 0.3) is 0 Å². The first-order valence-electron chi connectivity index (χ1n) is 6.63. The topological polar surface area (TPSA) is 24.5 Å². The van der Waals surface area contributed by atoms with Crippen molar-refractivity contribution in [3.8, 4) is 5.75 Å². The molecular weight excluding hydrogens is 236 g/mol. The lowest BCUT2D eigenvalue weighted by Gasteiger charge is -2.24. The number of hydrogen-bond donors (Lipinski definition) is 1. The molecule has 1 N–H and O–H groups in total. The molecule has 0 amide bonds. The van der Waals surface area contributed by atoms with Gasteiger partial charge in [-0.2, -0.15) is 0 Å². The minimum absolute atomic E-state index is 0.659. The van der Waals surface area contributed by atoms with Gasteiger partial charge in [0.05, 0.1) is 12.3 Å². The second kappa shape index (κ2) is 8.38. The molecular formula is C16H24N2O. The highest BCUT2D eigenvalue weighted by Crippen LogP contribution is 2.29. The van der Waals surface area contributed by atoms with Crippen LogP contribution < -0.4 is 15.0 Å². The van der Waals surface area contributed by atoms with Gasteiger partial charge in [0.2, 0.25) is 0 Å². The molecule has 0 saturated carbocycles. The van der Waals surface area contributed by atoms with Gasteiger partial charge < -0.3 is 15.0 Å². The van der Waals surface area contributed by atoms with E-state index in [0.29, 0.717) is 6.61 Å². The predicted octanol–water partition coefficient (Wildman–Crippen LogP) is 2.98. The quantitative estimate of drug-likeness (QED) is 0.691. The highest BCUT2D eigenvalue weighted by atomic mass is 16.5. The van der Waals surface area contributed by atoms with Gasteiger partial charge in [-0.25, -0.2) is 0 Å². The van der Waals surface area contributed by atoms with Gasteiger partial charge >= 0.3 is 0 Å². The van der Waals surface area contributed by atoms with E-state index >= 15 is 0 Å². The third kappa shape index (κ3) is 4.45. The fraction of sp³-hybridized carbons (Fsp3) is 0.375. The number of ether oxygens (including phenoxy) is 1. The van der Waals surface area contributed by atoms with E-state index in [1.54, 1.807) is 0 Å². The SMILES string of the molecule is C=CCN(CC=C)c1ccc(CNC)cc1OCC. The van der Waals surface area contributed by atoms with Crippen LogP contribution in [-0.4, -0.2) is 26.7 Å². The fourth-order valence-electron chi connectivity index (χ4n) is 1.99. The van der Waals surface area contributed by atoms with E-state index < -0.39 is 0 Å². The van der Waals surface area contributed by atoms with Crippen molar-refractivity contribution in [3.63, 3.8) is 0 Å². The number of anilines is 1. The van der Waals surface area contributed by atoms with Crippen LogP contribution in [0.15, 0.2) is 43.5 Å². The smallest absolute Gasteiger partial charge is 0.142 e. The Bertz CT molecular complexity index is 405. The van der Waals surface area contributed by atoms with Gasteiger partial charge in [-0.15, -0.1) is 13.2 Å². The minimum atomic E-state index is 0.659. The maximum absolute atomic E-state index is 5.76. The van der Waals surface area contributed by atoms with Crippen LogP contribution in [0.5, 0.6) is 5.75 Å². The Hall–Kier alpha value is -1.74. The normalized spacial score (nSPS) is 10.0. The number of hydrogen-bond acceptors (Lipinski definition) is 3. The molecule has 0 aliphatic carbocycles. The summed E-state index contributed by atoms with van der Waals surface area (Å²) in [6.45, 7) is 12.7. The van der Waals surface area contributed by atoms with Crippen molar-refractivity contribution in [2.75, 3.05) is 31.6 Å². The average molecular weight is 260 g/mol. The van der Waals surface area contributed by atoms with Crippen LogP contribution in [0.4, 0.5) is 5.69 Å². The summed E-state index contributed by atoms with van der Waals surface area (Å²) in [6.07, 6.45) is 3.78. The maximum Gasteiger partial charge on any atom is 0.142 e. The highest BCUT2D eigenvalue weighted by Gasteiger charge is 2.11. The maximum atomic E-state index is 5.76. The van der Waals surface area contributed by atoms with Crippen LogP contribution in [-0.2, 0) is 6.54 Å². The number of nitrogens with zero attached hydrogens (tertiary/aromatic N) is 1. The lowest BCUT2D eigenvalue weighted by Crippen LogP contribution is -2.24. The third-order valence-corrected chi connectivity index (χ3v) is 2.74. The van der Waals surface area contributed by atoms with E-state index in [9.17, 15) is 0 Å². The zero-order valence-electron chi connectivity index (χ0n) is 12.0. The van der Waals surface area contributed by atoms with E-state index in [1.807, 2.05) is 26.1 Å². The first-order valence-corrected chi connectivity index (χ1v) is 6.63. The fourth-order valence-corrected chi connectivity index (χ4v) is 1.99. The zero-order chi connectivity index (χ0) is 14.1. The molecule has 0 aliphatic rings. The van der Waals surface area contributed by atoms with E-state index in [2.05, 4.69) is 41.6 Å². The predicted molar refractivity (Wildman–Crippen MR) is 83.0 cm³/mol. The minimum Gasteiger partial charge on any atom is -0.492 e. The lowest BCUT2D eigenvalue weighted by molar-refractivity contribution is 0.340. The Balaban J connectivity index is 3.07. The monoisotopic (exact) mass is 260 g/mol. The van der Waals surface area contributed by atoms with Crippen LogP contribution >= 0.6 is 0 Å². The van der Waals surface area contributed by atoms with Crippen molar-refractivity contribution in [3.05, 3.63) is 49.1 Å². The number of rotatable bonds is 9. The summed E-state index contributed by atoms with van der Waals surface area (Å²) in [6, 6.07) is 6.31. The molecule has 0 aromatic heterocycles. The van der Waals surface area contributed by atoms with Crippen LogP contribution in [0.25, 0.3) is 0 Å². The number of nitrogens with one attached hydrogen (secondary N) is 1. The summed E-state index contributed by atoms with van der Waals surface area (Å²) < 4.78 is 5.76. The molecule has 0 heterocycles. The number of benzene rings is 1. The van der Waals surface area contributed by atoms with Gasteiger partial charge in [-0.3, -0.25) is 0 Å². The van der Waals surface area contributed by atoms with Crippen molar-refractivity contribution in [1.82, 2.24) is 5.32 Å². The van der Waals surface area contributed by atoms with Gasteiger partial charge in [0.1, 0.15) is 5.75 Å². The molecule has 0 spiro atoms. The van der Waals surface area contributed by atoms with E-state index in [1.165, 1.54) is 5.56 Å². The molecule has 3 nitrogen and oxygen atoms in total. The summed E-state index contributed by atoms with van der Waals surface area (Å²) in [5.74, 6) is 0.916. The summed E-state index contributed by atoms with van der Waals surface area (Å²) in [5.41, 5.74) is 2.30. The van der Waals surface area contributed by atoms with Crippen molar-refractivity contribution in [2.24, 2.45) is 0 Å². The molecule has 0 aliphatic heterocycles. The molecule has 0 bridgehead atoms. The Kier molecular flexibility index (Phi) is 6.75. The Labute approximate surface area is 116 Å². The average Bonchev–Trinajstić information content (AvgIpc) is 2.40. The van der Waals surface area contributed by atoms with Crippen LogP contribution in [0.1, 0.15) is 12.5 Å². The molecule has 0 unspecified atom stereocenters. The second-order valence-corrected chi connectivity index (χ2v) is 4.25. The molecule has 104 valence electrons. The summed E-state index contributed by atoms with van der Waals surface area (Å²) in [5, 5.41) is 3.15. The largest absolute Gasteiger partial charge is 0.492 e. The summed E-state index contributed by atoms with van der Waals surface area (Å²) >= 11 is 0. The van der Waals surface area contributed by atoms with Gasteiger partial charge in [-0.1, -0.05) is 18.2 Å². The van der Waals surface area contributed by atoms with Crippen LogP contribution in [0.2, 0.25) is 0 Å². The van der Waals surface area contributed by atoms with Crippen LogP contribution in [0.3, 0.4) is 0 Å². The second-order valence-electron chi connectivity index (χ2n) is 4.25. The van der Waals surface area contributed by atoms with Crippen molar-refractivity contribution < 1.29 is 4.74 Å². The standard InChI is InChI=1S/C16H24N2O/c1-5-10-18(11-6-2)15-9-8-14(13-17-4)12-16(15)19-7-3/h5-6,8-9,12,17H,1-2,7,10-11,13H2,3-4H3. The Morgan fingerprint density at radius 2 is 1.95 bits per heavy atom. The first kappa shape index (κ1) is 15.3. The molecule has 0 radical (unpaired) electrons. The van der Waals surface area contributed by atoms with Gasteiger partial charge in [-0.05, 0) is 31.7 Å². The van der Waals surface area contributed by atoms with E-state index in [4.69, 9.17) is 4.74 Å². The first-order chi connectivity index (χ1) is 9.26. The van der Waals surface area contributed by atoms with Crippen LogP contribution in [0, 0.1) is 0 Å². The Morgan fingerprint density at radius 1 is 1.26 bits per heavy atom. The molecule has 0 saturated heterocycles. The van der Waals surface area contributed by atoms with Crippen molar-refractivity contribution in [2.45, 2.75) is 13.5 Å². The zero-order valence-corrected chi connectivity index (χ0v) is 12.0. The Morgan fingerprint density at radius 3 is 2.47 bits per heavy atom. The highest BCUT2D eigenvalue weighted by molar-refractivity contribution is 5.60. The van der Waals surface area contributed by atoms with E-state index in [-0.39, 0.29) is 0 Å². The third-order valence-electron chi connectivity index (χ3n) is 2.74. The van der Waals surface area contributed by atoms with E-state index in [0.717, 1.165) is 31.1 Å². The summed E-state index contributed by atoms with van der Waals surface area (Å²) in [4.78, 5) is 2.19. The van der Waals surface area contributed by atoms with Gasteiger partial charge in [0.15, 0.2) is 0 Å². The molecule has 1 aromatic carbocycles.